The van der Waals surface area contributed by atoms with Gasteiger partial charge in [-0.25, -0.2) is 4.79 Å². The minimum absolute atomic E-state index is 0.0186. The van der Waals surface area contributed by atoms with E-state index in [1.807, 2.05) is 12.1 Å². The van der Waals surface area contributed by atoms with Gasteiger partial charge in [0, 0.05) is 4.88 Å². The summed E-state index contributed by atoms with van der Waals surface area (Å²) in [7, 11) is 0. The minimum Gasteiger partial charge on any atom is -0.376 e. The van der Waals surface area contributed by atoms with E-state index in [1.165, 1.54) is 22.5 Å². The molecule has 26 heavy (non-hydrogen) atoms. The van der Waals surface area contributed by atoms with Crippen molar-refractivity contribution in [2.45, 2.75) is 38.3 Å². The minimum atomic E-state index is -0.511. The lowest BCUT2D eigenvalue weighted by atomic mass is 9.88. The first-order valence-corrected chi connectivity index (χ1v) is 9.62. The summed E-state index contributed by atoms with van der Waals surface area (Å²) >= 11 is 1.37. The normalized spacial score (nSPS) is 18.5. The van der Waals surface area contributed by atoms with E-state index in [0.717, 1.165) is 29.7 Å². The van der Waals surface area contributed by atoms with Gasteiger partial charge in [-0.3, -0.25) is 10.1 Å². The first-order valence-electron chi connectivity index (χ1n) is 8.81. The number of nitrogens with one attached hydrogen (secondary N) is 2. The van der Waals surface area contributed by atoms with Gasteiger partial charge in [0.2, 0.25) is 0 Å². The zero-order valence-corrected chi connectivity index (χ0v) is 15.2. The van der Waals surface area contributed by atoms with E-state index >= 15 is 0 Å². The van der Waals surface area contributed by atoms with Crippen molar-refractivity contribution in [2.24, 2.45) is 5.73 Å². The van der Waals surface area contributed by atoms with Crippen LogP contribution in [0.25, 0.3) is 0 Å². The van der Waals surface area contributed by atoms with Crippen LogP contribution in [0.2, 0.25) is 0 Å². The summed E-state index contributed by atoms with van der Waals surface area (Å²) in [4.78, 5) is 25.4. The van der Waals surface area contributed by atoms with E-state index in [0.29, 0.717) is 30.2 Å². The summed E-state index contributed by atoms with van der Waals surface area (Å²) in [6, 6.07) is 7.87. The Labute approximate surface area is 155 Å². The second kappa shape index (κ2) is 7.09. The van der Waals surface area contributed by atoms with E-state index in [1.54, 1.807) is 0 Å². The van der Waals surface area contributed by atoms with Gasteiger partial charge in [0.25, 0.3) is 5.91 Å². The first-order chi connectivity index (χ1) is 12.6. The number of carbonyl (C=O) groups excluding carboxylic acids is 2. The number of benzene rings is 1. The molecule has 0 bridgehead atoms. The van der Waals surface area contributed by atoms with E-state index < -0.39 is 5.91 Å². The van der Waals surface area contributed by atoms with Crippen LogP contribution >= 0.6 is 11.3 Å². The highest BCUT2D eigenvalue weighted by Gasteiger charge is 2.26. The molecular formula is C19H21N3O3S. The highest BCUT2D eigenvalue weighted by molar-refractivity contribution is 7.17. The monoisotopic (exact) mass is 371 g/mol. The number of fused-ring (bicyclic) bond motifs is 2. The highest BCUT2D eigenvalue weighted by Crippen LogP contribution is 2.36. The van der Waals surface area contributed by atoms with Crippen molar-refractivity contribution in [1.82, 2.24) is 5.32 Å². The molecule has 6 nitrogen and oxygen atoms in total. The molecule has 136 valence electrons. The van der Waals surface area contributed by atoms with Gasteiger partial charge in [-0.05, 0) is 42.4 Å². The smallest absolute Gasteiger partial charge is 0.320 e. The van der Waals surface area contributed by atoms with Crippen molar-refractivity contribution >= 4 is 28.3 Å². The summed E-state index contributed by atoms with van der Waals surface area (Å²) in [5, 5.41) is 6.39. The van der Waals surface area contributed by atoms with Crippen LogP contribution in [0, 0.1) is 0 Å². The van der Waals surface area contributed by atoms with Crippen LogP contribution in [-0.2, 0) is 24.2 Å². The van der Waals surface area contributed by atoms with Gasteiger partial charge < -0.3 is 15.8 Å². The Hall–Kier alpha value is -2.38. The average Bonchev–Trinajstić information content (AvgIpc) is 2.99. The topological polar surface area (TPSA) is 93.5 Å². The molecule has 0 spiro atoms. The molecule has 0 saturated carbocycles. The second-order valence-corrected chi connectivity index (χ2v) is 7.72. The number of thiophene rings is 1. The van der Waals surface area contributed by atoms with Gasteiger partial charge >= 0.3 is 6.03 Å². The maximum atomic E-state index is 12.6. The molecule has 1 atom stereocenters. The first kappa shape index (κ1) is 17.1. The number of rotatable bonds is 3. The molecule has 0 fully saturated rings. The third-order valence-corrected chi connectivity index (χ3v) is 6.09. The SMILES string of the molecule is NC(=O)c1c(NC(=O)NC2CCCc3ccccc32)sc2c1CCOC2. The molecule has 2 heterocycles. The third-order valence-electron chi connectivity index (χ3n) is 4.97. The number of aryl methyl sites for hydroxylation is 1. The maximum Gasteiger partial charge on any atom is 0.320 e. The Balaban J connectivity index is 1.53. The zero-order chi connectivity index (χ0) is 18.1. The average molecular weight is 371 g/mol. The Morgan fingerprint density at radius 3 is 2.92 bits per heavy atom. The summed E-state index contributed by atoms with van der Waals surface area (Å²) < 4.78 is 5.44. The lowest BCUT2D eigenvalue weighted by Crippen LogP contribution is -2.34. The van der Waals surface area contributed by atoms with Crippen LogP contribution in [0.4, 0.5) is 9.80 Å². The van der Waals surface area contributed by atoms with E-state index in [9.17, 15) is 9.59 Å². The fourth-order valence-corrected chi connectivity index (χ4v) is 4.97. The largest absolute Gasteiger partial charge is 0.376 e. The quantitative estimate of drug-likeness (QED) is 0.774. The standard InChI is InChI=1S/C19H21N3O3S/c20-17(23)16-13-8-9-25-10-15(13)26-18(16)22-19(24)21-14-7-3-5-11-4-1-2-6-12(11)14/h1-2,4,6,14H,3,5,7-10H2,(H2,20,23)(H2,21,22,24). The number of amides is 3. The summed E-state index contributed by atoms with van der Waals surface area (Å²) in [5.41, 5.74) is 9.35. The molecule has 4 rings (SSSR count). The predicted molar refractivity (Wildman–Crippen MR) is 100 cm³/mol. The highest BCUT2D eigenvalue weighted by atomic mass is 32.1. The van der Waals surface area contributed by atoms with Crippen molar-refractivity contribution in [3.8, 4) is 0 Å². The molecule has 2 aromatic rings. The maximum absolute atomic E-state index is 12.6. The number of urea groups is 1. The number of hydrogen-bond acceptors (Lipinski definition) is 4. The van der Waals surface area contributed by atoms with E-state index in [2.05, 4.69) is 22.8 Å². The number of anilines is 1. The molecule has 1 aromatic carbocycles. The lowest BCUT2D eigenvalue weighted by Gasteiger charge is -2.26. The molecule has 2 aliphatic rings. The van der Waals surface area contributed by atoms with E-state index in [-0.39, 0.29) is 12.1 Å². The Bertz CT molecular complexity index is 862. The third kappa shape index (κ3) is 3.20. The summed E-state index contributed by atoms with van der Waals surface area (Å²) in [5.74, 6) is -0.511. The van der Waals surface area contributed by atoms with Crippen molar-refractivity contribution in [1.29, 1.82) is 0 Å². The van der Waals surface area contributed by atoms with E-state index in [4.69, 9.17) is 10.5 Å². The molecule has 7 heteroatoms. The molecule has 0 radical (unpaired) electrons. The Morgan fingerprint density at radius 2 is 2.08 bits per heavy atom. The van der Waals surface area contributed by atoms with Crippen molar-refractivity contribution < 1.29 is 14.3 Å². The molecule has 0 saturated heterocycles. The fourth-order valence-electron chi connectivity index (χ4n) is 3.78. The summed E-state index contributed by atoms with van der Waals surface area (Å²) in [6.07, 6.45) is 3.63. The molecule has 3 amide bonds. The number of ether oxygens (including phenoxy) is 1. The van der Waals surface area contributed by atoms with Crippen LogP contribution in [0.1, 0.15) is 50.8 Å². The van der Waals surface area contributed by atoms with Crippen LogP contribution in [0.3, 0.4) is 0 Å². The van der Waals surface area contributed by atoms with Gasteiger partial charge in [-0.1, -0.05) is 24.3 Å². The Morgan fingerprint density at radius 1 is 1.23 bits per heavy atom. The number of nitrogens with two attached hydrogens (primary N) is 1. The molecule has 1 aliphatic carbocycles. The zero-order valence-electron chi connectivity index (χ0n) is 14.3. The van der Waals surface area contributed by atoms with Crippen LogP contribution < -0.4 is 16.4 Å². The molecule has 1 aromatic heterocycles. The van der Waals surface area contributed by atoms with Crippen LogP contribution in [0.5, 0.6) is 0 Å². The molecular weight excluding hydrogens is 350 g/mol. The van der Waals surface area contributed by atoms with Gasteiger partial charge in [-0.2, -0.15) is 0 Å². The van der Waals surface area contributed by atoms with Gasteiger partial charge in [0.05, 0.1) is 24.8 Å². The van der Waals surface area contributed by atoms with Gasteiger partial charge in [0.1, 0.15) is 5.00 Å². The van der Waals surface area contributed by atoms with Crippen molar-refractivity contribution in [3.05, 3.63) is 51.4 Å². The second-order valence-electron chi connectivity index (χ2n) is 6.62. The van der Waals surface area contributed by atoms with Crippen molar-refractivity contribution in [2.75, 3.05) is 11.9 Å². The van der Waals surface area contributed by atoms with Gasteiger partial charge in [-0.15, -0.1) is 11.3 Å². The molecule has 4 N–H and O–H groups in total. The van der Waals surface area contributed by atoms with Crippen LogP contribution in [0.15, 0.2) is 24.3 Å². The number of hydrogen-bond donors (Lipinski definition) is 3. The van der Waals surface area contributed by atoms with Gasteiger partial charge in [0.15, 0.2) is 0 Å². The number of primary amides is 1. The lowest BCUT2D eigenvalue weighted by molar-refractivity contribution is 0.0991. The molecule has 1 aliphatic heterocycles. The van der Waals surface area contributed by atoms with Crippen LogP contribution in [-0.4, -0.2) is 18.5 Å². The Kier molecular flexibility index (Phi) is 4.65. The summed E-state index contributed by atoms with van der Waals surface area (Å²) in [6.45, 7) is 1.02. The molecule has 1 unspecified atom stereocenters. The number of carbonyl (C=O) groups is 2. The predicted octanol–water partition coefficient (Wildman–Crippen LogP) is 3.12. The van der Waals surface area contributed by atoms with Crippen molar-refractivity contribution in [3.63, 3.8) is 0 Å². The fraction of sp³-hybridized carbons (Fsp3) is 0.368.